The van der Waals surface area contributed by atoms with Crippen LogP contribution in [-0.4, -0.2) is 62.7 Å². The number of hydrogen-bond acceptors (Lipinski definition) is 9. The minimum absolute atomic E-state index is 0.00582. The monoisotopic (exact) mass is 610 g/mol. The molecule has 0 radical (unpaired) electrons. The van der Waals surface area contributed by atoms with Crippen LogP contribution in [0.5, 0.6) is 0 Å². The normalized spacial score (nSPS) is 16.8. The van der Waals surface area contributed by atoms with Gasteiger partial charge in [0, 0.05) is 18.5 Å². The second-order valence-electron chi connectivity index (χ2n) is 12.0. The van der Waals surface area contributed by atoms with Gasteiger partial charge < -0.3 is 24.7 Å². The third-order valence-electron chi connectivity index (χ3n) is 7.57. The highest BCUT2D eigenvalue weighted by atomic mass is 16.6. The van der Waals surface area contributed by atoms with E-state index in [4.69, 9.17) is 9.47 Å². The van der Waals surface area contributed by atoms with Crippen molar-refractivity contribution in [3.05, 3.63) is 96.1 Å². The van der Waals surface area contributed by atoms with Crippen LogP contribution in [0.25, 0.3) is 11.2 Å². The van der Waals surface area contributed by atoms with Crippen LogP contribution in [0.2, 0.25) is 0 Å². The average Bonchev–Trinajstić information content (AvgIpc) is 3.67. The first kappa shape index (κ1) is 31.4. The Labute approximate surface area is 262 Å². The number of allylic oxidation sites excluding steroid dienone is 1. The minimum atomic E-state index is -0.953. The molecule has 11 heteroatoms. The summed E-state index contributed by atoms with van der Waals surface area (Å²) in [6, 6.07) is 19.8. The fourth-order valence-electron chi connectivity index (χ4n) is 5.26. The highest BCUT2D eigenvalue weighted by Crippen LogP contribution is 2.30. The van der Waals surface area contributed by atoms with Crippen molar-refractivity contribution in [2.24, 2.45) is 5.92 Å². The summed E-state index contributed by atoms with van der Waals surface area (Å²) in [5, 5.41) is 6.35. The smallest absolute Gasteiger partial charge is 0.376 e. The van der Waals surface area contributed by atoms with Gasteiger partial charge in [0.2, 0.25) is 11.7 Å². The molecular weight excluding hydrogens is 572 g/mol. The molecular formula is C34H38N6O5. The van der Waals surface area contributed by atoms with Crippen LogP contribution in [-0.2, 0) is 19.1 Å². The molecule has 3 atom stereocenters. The SMILES string of the molecule is COC(=O)c1nc(NCC(c2ccccc2)c2ccccc2)c2ncn([C@H]3C=C[C@@H](NC(=O)C(C)C(=O)OC(C)(C)C)C3)c2n1. The number of ether oxygens (including phenoxy) is 2. The number of benzene rings is 2. The lowest BCUT2D eigenvalue weighted by Gasteiger charge is -2.23. The van der Waals surface area contributed by atoms with Crippen molar-refractivity contribution in [2.45, 2.75) is 57.7 Å². The molecule has 2 aromatic heterocycles. The largest absolute Gasteiger partial charge is 0.463 e. The quantitative estimate of drug-likeness (QED) is 0.147. The average molecular weight is 611 g/mol. The maximum absolute atomic E-state index is 12.8. The number of nitrogens with zero attached hydrogens (tertiary/aromatic N) is 4. The molecule has 2 N–H and O–H groups in total. The maximum atomic E-state index is 12.8. The molecule has 4 aromatic rings. The predicted octanol–water partition coefficient (Wildman–Crippen LogP) is 4.82. The first-order valence-corrected chi connectivity index (χ1v) is 14.9. The zero-order chi connectivity index (χ0) is 32.1. The molecule has 0 saturated heterocycles. The molecule has 11 nitrogen and oxygen atoms in total. The van der Waals surface area contributed by atoms with Crippen LogP contribution in [0, 0.1) is 5.92 Å². The van der Waals surface area contributed by atoms with Crippen LogP contribution >= 0.6 is 0 Å². The molecule has 2 heterocycles. The van der Waals surface area contributed by atoms with E-state index in [1.807, 2.05) is 53.1 Å². The zero-order valence-corrected chi connectivity index (χ0v) is 26.1. The van der Waals surface area contributed by atoms with Gasteiger partial charge in [-0.2, -0.15) is 0 Å². The van der Waals surface area contributed by atoms with E-state index in [-0.39, 0.29) is 23.8 Å². The van der Waals surface area contributed by atoms with E-state index in [1.54, 1.807) is 27.1 Å². The summed E-state index contributed by atoms with van der Waals surface area (Å²) in [6.07, 6.45) is 5.98. The summed E-state index contributed by atoms with van der Waals surface area (Å²) in [7, 11) is 1.28. The van der Waals surface area contributed by atoms with Crippen LogP contribution in [0.1, 0.15) is 67.8 Å². The number of nitrogens with one attached hydrogen (secondary N) is 2. The molecule has 0 saturated carbocycles. The number of carbonyl (C=O) groups is 3. The topological polar surface area (TPSA) is 137 Å². The molecule has 1 aliphatic carbocycles. The van der Waals surface area contributed by atoms with Gasteiger partial charge in [-0.25, -0.2) is 19.7 Å². The number of rotatable bonds is 10. The van der Waals surface area contributed by atoms with E-state index >= 15 is 0 Å². The molecule has 1 unspecified atom stereocenters. The number of amides is 1. The highest BCUT2D eigenvalue weighted by Gasteiger charge is 2.31. The number of anilines is 1. The molecule has 2 aromatic carbocycles. The van der Waals surface area contributed by atoms with Crippen molar-refractivity contribution in [2.75, 3.05) is 19.0 Å². The summed E-state index contributed by atoms with van der Waals surface area (Å²) in [6.45, 7) is 7.30. The van der Waals surface area contributed by atoms with Crippen LogP contribution < -0.4 is 10.6 Å². The number of carbonyl (C=O) groups excluding carboxylic acids is 3. The van der Waals surface area contributed by atoms with E-state index in [1.165, 1.54) is 14.0 Å². The van der Waals surface area contributed by atoms with Crippen molar-refractivity contribution < 1.29 is 23.9 Å². The van der Waals surface area contributed by atoms with Gasteiger partial charge in [-0.3, -0.25) is 9.59 Å². The first-order chi connectivity index (χ1) is 21.5. The summed E-state index contributed by atoms with van der Waals surface area (Å²) in [5.41, 5.74) is 2.53. The molecule has 0 fully saturated rings. The predicted molar refractivity (Wildman–Crippen MR) is 170 cm³/mol. The van der Waals surface area contributed by atoms with Crippen molar-refractivity contribution in [3.63, 3.8) is 0 Å². The van der Waals surface area contributed by atoms with E-state index in [0.29, 0.717) is 29.9 Å². The Bertz CT molecular complexity index is 1660. The summed E-state index contributed by atoms with van der Waals surface area (Å²) < 4.78 is 12.2. The number of esters is 2. The van der Waals surface area contributed by atoms with Crippen LogP contribution in [0.15, 0.2) is 79.1 Å². The maximum Gasteiger partial charge on any atom is 0.376 e. The fraction of sp³-hybridized carbons (Fsp3) is 0.353. The van der Waals surface area contributed by atoms with Crippen molar-refractivity contribution >= 4 is 34.8 Å². The Morgan fingerprint density at radius 1 is 0.978 bits per heavy atom. The Kier molecular flexibility index (Phi) is 9.26. The minimum Gasteiger partial charge on any atom is -0.463 e. The number of fused-ring (bicyclic) bond motifs is 1. The molecule has 0 bridgehead atoms. The fourth-order valence-corrected chi connectivity index (χ4v) is 5.26. The van der Waals surface area contributed by atoms with Crippen molar-refractivity contribution in [3.8, 4) is 0 Å². The van der Waals surface area contributed by atoms with Gasteiger partial charge in [0.25, 0.3) is 0 Å². The zero-order valence-electron chi connectivity index (χ0n) is 26.1. The van der Waals surface area contributed by atoms with Gasteiger partial charge in [-0.15, -0.1) is 0 Å². The molecule has 45 heavy (non-hydrogen) atoms. The van der Waals surface area contributed by atoms with E-state index in [2.05, 4.69) is 49.9 Å². The van der Waals surface area contributed by atoms with Crippen LogP contribution in [0.4, 0.5) is 5.82 Å². The van der Waals surface area contributed by atoms with Crippen molar-refractivity contribution in [1.29, 1.82) is 0 Å². The van der Waals surface area contributed by atoms with Gasteiger partial charge in [0.15, 0.2) is 17.0 Å². The number of aromatic nitrogens is 4. The van der Waals surface area contributed by atoms with Crippen LogP contribution in [0.3, 0.4) is 0 Å². The molecule has 5 rings (SSSR count). The third kappa shape index (κ3) is 7.36. The lowest BCUT2D eigenvalue weighted by Crippen LogP contribution is -2.41. The second-order valence-corrected chi connectivity index (χ2v) is 12.0. The highest BCUT2D eigenvalue weighted by molar-refractivity contribution is 5.97. The molecule has 0 spiro atoms. The molecule has 0 aliphatic heterocycles. The van der Waals surface area contributed by atoms with Gasteiger partial charge in [-0.1, -0.05) is 72.8 Å². The Morgan fingerprint density at radius 2 is 1.62 bits per heavy atom. The third-order valence-corrected chi connectivity index (χ3v) is 7.57. The van der Waals surface area contributed by atoms with E-state index in [9.17, 15) is 14.4 Å². The summed E-state index contributed by atoms with van der Waals surface area (Å²) >= 11 is 0. The standard InChI is InChI=1S/C34H38N6O5/c1-21(32(42)45-34(2,3)4)31(41)37-24-16-17-25(18-24)40-20-36-27-28(38-29(33(43)44-5)39-30(27)40)35-19-26(22-12-8-6-9-13-22)23-14-10-7-11-15-23/h6-17,20-21,24-26H,18-19H2,1-5H3,(H,37,41)(H,35,38,39)/t21?,24-,25+/m1/s1. The summed E-state index contributed by atoms with van der Waals surface area (Å²) in [5.74, 6) is -2.29. The Hall–Kier alpha value is -5.06. The Morgan fingerprint density at radius 3 is 2.22 bits per heavy atom. The van der Waals surface area contributed by atoms with Gasteiger partial charge >= 0.3 is 11.9 Å². The first-order valence-electron chi connectivity index (χ1n) is 14.9. The molecule has 234 valence electrons. The van der Waals surface area contributed by atoms with E-state index < -0.39 is 29.4 Å². The van der Waals surface area contributed by atoms with Gasteiger partial charge in [-0.05, 0) is 45.2 Å². The lowest BCUT2D eigenvalue weighted by atomic mass is 9.91. The Balaban J connectivity index is 1.37. The second kappa shape index (κ2) is 13.3. The van der Waals surface area contributed by atoms with E-state index in [0.717, 1.165) is 11.1 Å². The molecule has 1 amide bonds. The summed E-state index contributed by atoms with van der Waals surface area (Å²) in [4.78, 5) is 51.5. The number of methoxy groups -OCH3 is 1. The lowest BCUT2D eigenvalue weighted by molar-refractivity contribution is -0.161. The number of hydrogen-bond donors (Lipinski definition) is 2. The number of imidazole rings is 1. The van der Waals surface area contributed by atoms with Crippen molar-refractivity contribution in [1.82, 2.24) is 24.8 Å². The van der Waals surface area contributed by atoms with Gasteiger partial charge in [0.05, 0.1) is 19.5 Å². The molecule has 1 aliphatic rings. The van der Waals surface area contributed by atoms with Gasteiger partial charge in [0.1, 0.15) is 11.5 Å².